The second-order valence-corrected chi connectivity index (χ2v) is 7.41. The number of aromatic nitrogens is 1. The number of hydrogen-bond acceptors (Lipinski definition) is 6. The first-order valence-electron chi connectivity index (χ1n) is 8.03. The van der Waals surface area contributed by atoms with E-state index < -0.39 is 22.0 Å². The number of likely N-dealkylation sites (N-methyl/N-ethyl adjacent to an activating group) is 2. The fourth-order valence-electron chi connectivity index (χ4n) is 2.49. The van der Waals surface area contributed by atoms with Gasteiger partial charge in [-0.1, -0.05) is 5.16 Å². The van der Waals surface area contributed by atoms with Gasteiger partial charge in [-0.3, -0.25) is 9.59 Å². The molecule has 0 aromatic carbocycles. The predicted molar refractivity (Wildman–Crippen MR) is 91.3 cm³/mol. The van der Waals surface area contributed by atoms with Crippen molar-refractivity contribution in [1.82, 2.24) is 19.7 Å². The summed E-state index contributed by atoms with van der Waals surface area (Å²) in [5.74, 6) is -0.549. The molecule has 0 spiro atoms. The topological polar surface area (TPSA) is 113 Å². The standard InChI is InChI=1S/C15H26N4O5S/c1-7-19(8-2)13(20)9-18(6)15(21)11(4)17-25(22,23)14-10(3)16-24-12(14)5/h11,17H,7-9H2,1-6H3/t11-/m0/s1. The highest BCUT2D eigenvalue weighted by Crippen LogP contribution is 2.19. The Labute approximate surface area is 148 Å². The molecule has 1 rings (SSSR count). The van der Waals surface area contributed by atoms with E-state index in [9.17, 15) is 18.0 Å². The van der Waals surface area contributed by atoms with Gasteiger partial charge in [0.05, 0.1) is 12.6 Å². The Bertz CT molecular complexity index is 705. The van der Waals surface area contributed by atoms with Crippen molar-refractivity contribution >= 4 is 21.8 Å². The predicted octanol–water partition coefficient (Wildman–Crippen LogP) is 0.285. The molecule has 0 aliphatic carbocycles. The Morgan fingerprint density at radius 2 is 1.80 bits per heavy atom. The summed E-state index contributed by atoms with van der Waals surface area (Å²) in [5.41, 5.74) is 0.217. The van der Waals surface area contributed by atoms with Crippen LogP contribution < -0.4 is 4.72 Å². The third kappa shape index (κ3) is 5.02. The Hall–Kier alpha value is -1.94. The first-order valence-corrected chi connectivity index (χ1v) is 9.51. The van der Waals surface area contributed by atoms with Crippen LogP contribution in [0.1, 0.15) is 32.2 Å². The fourth-order valence-corrected chi connectivity index (χ4v) is 4.01. The van der Waals surface area contributed by atoms with Gasteiger partial charge in [-0.15, -0.1) is 0 Å². The van der Waals surface area contributed by atoms with Crippen LogP contribution in [-0.4, -0.2) is 67.9 Å². The third-order valence-electron chi connectivity index (χ3n) is 3.80. The zero-order valence-corrected chi connectivity index (χ0v) is 16.3. The van der Waals surface area contributed by atoms with Crippen molar-refractivity contribution < 1.29 is 22.5 Å². The minimum Gasteiger partial charge on any atom is -0.360 e. The summed E-state index contributed by atoms with van der Waals surface area (Å²) in [6, 6.07) is -1.03. The van der Waals surface area contributed by atoms with Gasteiger partial charge < -0.3 is 14.3 Å². The van der Waals surface area contributed by atoms with Crippen LogP contribution >= 0.6 is 0 Å². The van der Waals surface area contributed by atoms with Crippen LogP contribution in [0.5, 0.6) is 0 Å². The van der Waals surface area contributed by atoms with Crippen molar-refractivity contribution in [3.8, 4) is 0 Å². The third-order valence-corrected chi connectivity index (χ3v) is 5.59. The van der Waals surface area contributed by atoms with Crippen LogP contribution in [0.4, 0.5) is 0 Å². The lowest BCUT2D eigenvalue weighted by Crippen LogP contribution is -2.48. The quantitative estimate of drug-likeness (QED) is 0.699. The molecule has 0 saturated carbocycles. The van der Waals surface area contributed by atoms with Crippen LogP contribution in [0.25, 0.3) is 0 Å². The van der Waals surface area contributed by atoms with E-state index in [4.69, 9.17) is 4.52 Å². The van der Waals surface area contributed by atoms with Gasteiger partial charge in [0.2, 0.25) is 21.8 Å². The normalized spacial score (nSPS) is 12.7. The monoisotopic (exact) mass is 374 g/mol. The highest BCUT2D eigenvalue weighted by atomic mass is 32.2. The van der Waals surface area contributed by atoms with Crippen molar-refractivity contribution in [2.24, 2.45) is 0 Å². The molecule has 1 N–H and O–H groups in total. The van der Waals surface area contributed by atoms with Gasteiger partial charge in [0.15, 0.2) is 5.76 Å². The average Bonchev–Trinajstić information content (AvgIpc) is 2.86. The molecule has 9 nitrogen and oxygen atoms in total. The lowest BCUT2D eigenvalue weighted by atomic mass is 10.3. The van der Waals surface area contributed by atoms with Gasteiger partial charge in [-0.25, -0.2) is 8.42 Å². The number of aryl methyl sites for hydroxylation is 2. The van der Waals surface area contributed by atoms with Crippen LogP contribution in [-0.2, 0) is 19.6 Å². The fraction of sp³-hybridized carbons (Fsp3) is 0.667. The summed E-state index contributed by atoms with van der Waals surface area (Å²) in [6.07, 6.45) is 0. The molecule has 0 saturated heterocycles. The number of sulfonamides is 1. The Kier molecular flexibility index (Phi) is 7.12. The van der Waals surface area contributed by atoms with E-state index in [1.807, 2.05) is 13.8 Å². The van der Waals surface area contributed by atoms with Gasteiger partial charge in [0.1, 0.15) is 10.6 Å². The first-order chi connectivity index (χ1) is 11.5. The number of carbonyl (C=O) groups excluding carboxylic acids is 2. The van der Waals surface area contributed by atoms with Crippen LogP contribution in [0.2, 0.25) is 0 Å². The molecule has 25 heavy (non-hydrogen) atoms. The summed E-state index contributed by atoms with van der Waals surface area (Å²) in [5, 5.41) is 3.61. The maximum atomic E-state index is 12.4. The van der Waals surface area contributed by atoms with Gasteiger partial charge in [0, 0.05) is 20.1 Å². The second kappa shape index (κ2) is 8.43. The molecule has 1 aromatic rings. The summed E-state index contributed by atoms with van der Waals surface area (Å²) in [7, 11) is -2.50. The summed E-state index contributed by atoms with van der Waals surface area (Å²) < 4.78 is 32.0. The van der Waals surface area contributed by atoms with E-state index in [2.05, 4.69) is 9.88 Å². The second-order valence-electron chi connectivity index (χ2n) is 5.76. The first kappa shape index (κ1) is 21.1. The molecular weight excluding hydrogens is 348 g/mol. The Morgan fingerprint density at radius 1 is 1.24 bits per heavy atom. The zero-order valence-electron chi connectivity index (χ0n) is 15.5. The number of carbonyl (C=O) groups is 2. The van der Waals surface area contributed by atoms with Crippen molar-refractivity contribution in [2.45, 2.75) is 45.6 Å². The lowest BCUT2D eigenvalue weighted by molar-refractivity contribution is -0.139. The van der Waals surface area contributed by atoms with E-state index in [1.165, 1.54) is 32.7 Å². The molecule has 0 radical (unpaired) electrons. The molecule has 1 heterocycles. The summed E-state index contributed by atoms with van der Waals surface area (Å²) in [6.45, 7) is 9.10. The molecule has 142 valence electrons. The van der Waals surface area contributed by atoms with Crippen molar-refractivity contribution in [3.05, 3.63) is 11.5 Å². The number of rotatable bonds is 8. The van der Waals surface area contributed by atoms with Gasteiger partial charge >= 0.3 is 0 Å². The van der Waals surface area contributed by atoms with E-state index in [0.717, 1.165) is 0 Å². The smallest absolute Gasteiger partial charge is 0.246 e. The van der Waals surface area contributed by atoms with Gasteiger partial charge in [0.25, 0.3) is 0 Å². The lowest BCUT2D eigenvalue weighted by Gasteiger charge is -2.25. The van der Waals surface area contributed by atoms with Crippen LogP contribution in [0.15, 0.2) is 9.42 Å². The van der Waals surface area contributed by atoms with Crippen LogP contribution in [0.3, 0.4) is 0 Å². The molecule has 2 amide bonds. The average molecular weight is 374 g/mol. The summed E-state index contributed by atoms with van der Waals surface area (Å²) >= 11 is 0. The number of nitrogens with one attached hydrogen (secondary N) is 1. The summed E-state index contributed by atoms with van der Waals surface area (Å²) in [4.78, 5) is 27.2. The molecule has 1 atom stereocenters. The highest BCUT2D eigenvalue weighted by molar-refractivity contribution is 7.89. The maximum absolute atomic E-state index is 12.4. The highest BCUT2D eigenvalue weighted by Gasteiger charge is 2.29. The van der Waals surface area contributed by atoms with Gasteiger partial charge in [-0.05, 0) is 34.6 Å². The largest absolute Gasteiger partial charge is 0.360 e. The number of hydrogen-bond donors (Lipinski definition) is 1. The van der Waals surface area contributed by atoms with E-state index >= 15 is 0 Å². The molecule has 0 fully saturated rings. The minimum atomic E-state index is -3.96. The molecular formula is C15H26N4O5S. The molecule has 0 aliphatic heterocycles. The molecule has 0 bridgehead atoms. The van der Waals surface area contributed by atoms with Gasteiger partial charge in [-0.2, -0.15) is 4.72 Å². The van der Waals surface area contributed by atoms with Crippen molar-refractivity contribution in [2.75, 3.05) is 26.7 Å². The Balaban J connectivity index is 2.81. The Morgan fingerprint density at radius 3 is 2.24 bits per heavy atom. The van der Waals surface area contributed by atoms with Crippen molar-refractivity contribution in [1.29, 1.82) is 0 Å². The van der Waals surface area contributed by atoms with E-state index in [1.54, 1.807) is 4.90 Å². The SMILES string of the molecule is CCN(CC)C(=O)CN(C)C(=O)[C@H](C)NS(=O)(=O)c1c(C)noc1C. The maximum Gasteiger partial charge on any atom is 0.246 e. The van der Waals surface area contributed by atoms with Crippen LogP contribution in [0, 0.1) is 13.8 Å². The molecule has 0 unspecified atom stereocenters. The molecule has 1 aromatic heterocycles. The van der Waals surface area contributed by atoms with E-state index in [-0.39, 0.29) is 28.8 Å². The van der Waals surface area contributed by atoms with Crippen molar-refractivity contribution in [3.63, 3.8) is 0 Å². The number of amides is 2. The number of nitrogens with zero attached hydrogens (tertiary/aromatic N) is 3. The zero-order chi connectivity index (χ0) is 19.4. The molecule has 10 heteroatoms. The van der Waals surface area contributed by atoms with E-state index in [0.29, 0.717) is 13.1 Å². The molecule has 0 aliphatic rings. The minimum absolute atomic E-state index is 0.0750.